The van der Waals surface area contributed by atoms with Crippen LogP contribution in [0, 0.1) is 0 Å². The molecule has 0 unspecified atom stereocenters. The van der Waals surface area contributed by atoms with E-state index in [1.165, 1.54) is 23.8 Å². The first-order chi connectivity index (χ1) is 15.1. The molecule has 0 saturated carbocycles. The van der Waals surface area contributed by atoms with E-state index >= 15 is 0 Å². The molecule has 4 rings (SSSR count). The SMILES string of the molecule is COc1cccc(CN2C(=O)c3ccc(C(=O)NCCCN4CCCC4)cc3C2=O)c1.Cl. The molecule has 0 spiro atoms. The van der Waals surface area contributed by atoms with Crippen LogP contribution in [0.3, 0.4) is 0 Å². The van der Waals surface area contributed by atoms with Gasteiger partial charge in [-0.15, -0.1) is 12.4 Å². The van der Waals surface area contributed by atoms with Crippen molar-refractivity contribution in [2.75, 3.05) is 33.3 Å². The molecule has 2 aromatic carbocycles. The highest BCUT2D eigenvalue weighted by Gasteiger charge is 2.36. The number of likely N-dealkylation sites (tertiary alicyclic amines) is 1. The molecular weight excluding hydrogens is 430 g/mol. The number of nitrogens with zero attached hydrogens (tertiary/aromatic N) is 2. The summed E-state index contributed by atoms with van der Waals surface area (Å²) in [5, 5.41) is 2.91. The van der Waals surface area contributed by atoms with E-state index < -0.39 is 0 Å². The van der Waals surface area contributed by atoms with Crippen LogP contribution in [0.25, 0.3) is 0 Å². The van der Waals surface area contributed by atoms with Crippen LogP contribution < -0.4 is 10.1 Å². The predicted molar refractivity (Wildman–Crippen MR) is 124 cm³/mol. The summed E-state index contributed by atoms with van der Waals surface area (Å²) in [6, 6.07) is 12.0. The zero-order chi connectivity index (χ0) is 21.8. The predicted octanol–water partition coefficient (Wildman–Crippen LogP) is 3.13. The van der Waals surface area contributed by atoms with Crippen molar-refractivity contribution >= 4 is 30.1 Å². The summed E-state index contributed by atoms with van der Waals surface area (Å²) in [4.78, 5) is 41.8. The summed E-state index contributed by atoms with van der Waals surface area (Å²) in [5.74, 6) is -0.291. The molecule has 1 saturated heterocycles. The highest BCUT2D eigenvalue weighted by atomic mass is 35.5. The van der Waals surface area contributed by atoms with Gasteiger partial charge in [0.1, 0.15) is 5.75 Å². The number of nitrogens with one attached hydrogen (secondary N) is 1. The first-order valence-corrected chi connectivity index (χ1v) is 10.7. The van der Waals surface area contributed by atoms with Crippen LogP contribution in [0.4, 0.5) is 0 Å². The summed E-state index contributed by atoms with van der Waals surface area (Å²) in [5.41, 5.74) is 1.80. The fourth-order valence-electron chi connectivity index (χ4n) is 4.14. The molecule has 8 heteroatoms. The van der Waals surface area contributed by atoms with E-state index in [2.05, 4.69) is 10.2 Å². The Hall–Kier alpha value is -2.90. The van der Waals surface area contributed by atoms with E-state index in [-0.39, 0.29) is 42.2 Å². The van der Waals surface area contributed by atoms with Gasteiger partial charge in [-0.3, -0.25) is 19.3 Å². The molecule has 2 aromatic rings. The van der Waals surface area contributed by atoms with Crippen LogP contribution >= 0.6 is 12.4 Å². The maximum Gasteiger partial charge on any atom is 0.261 e. The molecule has 1 fully saturated rings. The number of rotatable bonds is 8. The topological polar surface area (TPSA) is 79.0 Å². The van der Waals surface area contributed by atoms with Gasteiger partial charge in [0.25, 0.3) is 17.7 Å². The van der Waals surface area contributed by atoms with E-state index in [0.29, 0.717) is 23.4 Å². The van der Waals surface area contributed by atoms with Crippen LogP contribution in [0.15, 0.2) is 42.5 Å². The Kier molecular flexibility index (Phi) is 7.88. The average molecular weight is 458 g/mol. The van der Waals surface area contributed by atoms with Gasteiger partial charge >= 0.3 is 0 Å². The van der Waals surface area contributed by atoms with Crippen molar-refractivity contribution in [3.05, 3.63) is 64.7 Å². The van der Waals surface area contributed by atoms with Gasteiger partial charge in [-0.2, -0.15) is 0 Å². The highest BCUT2D eigenvalue weighted by Crippen LogP contribution is 2.26. The van der Waals surface area contributed by atoms with Gasteiger partial charge in [-0.1, -0.05) is 12.1 Å². The standard InChI is InChI=1S/C24H27N3O4.ClH/c1-31-19-7-4-6-17(14-19)16-27-23(29)20-9-8-18(15-21(20)24(27)30)22(28)25-10-5-13-26-11-2-3-12-26;/h4,6-9,14-15H,2-3,5,10-13,16H2,1H3,(H,25,28);1H. The Morgan fingerprint density at radius 3 is 2.53 bits per heavy atom. The molecule has 1 N–H and O–H groups in total. The lowest BCUT2D eigenvalue weighted by Gasteiger charge is -2.14. The van der Waals surface area contributed by atoms with Crippen LogP contribution in [-0.4, -0.2) is 60.8 Å². The molecule has 7 nitrogen and oxygen atoms in total. The van der Waals surface area contributed by atoms with Gasteiger partial charge in [-0.05, 0) is 74.8 Å². The summed E-state index contributed by atoms with van der Waals surface area (Å²) < 4.78 is 5.21. The quantitative estimate of drug-likeness (QED) is 0.486. The van der Waals surface area contributed by atoms with Crippen molar-refractivity contribution < 1.29 is 19.1 Å². The van der Waals surface area contributed by atoms with Gasteiger partial charge in [0.05, 0.1) is 24.8 Å². The van der Waals surface area contributed by atoms with E-state index in [1.807, 2.05) is 18.2 Å². The van der Waals surface area contributed by atoms with Crippen LogP contribution in [0.5, 0.6) is 5.75 Å². The molecule has 0 atom stereocenters. The fraction of sp³-hybridized carbons (Fsp3) is 0.375. The first-order valence-electron chi connectivity index (χ1n) is 10.7. The zero-order valence-electron chi connectivity index (χ0n) is 18.1. The maximum absolute atomic E-state index is 12.9. The monoisotopic (exact) mass is 457 g/mol. The number of methoxy groups -OCH3 is 1. The highest BCUT2D eigenvalue weighted by molar-refractivity contribution is 6.22. The Labute approximate surface area is 194 Å². The Morgan fingerprint density at radius 2 is 1.78 bits per heavy atom. The molecule has 0 radical (unpaired) electrons. The van der Waals surface area contributed by atoms with Crippen LogP contribution in [0.2, 0.25) is 0 Å². The molecule has 0 aromatic heterocycles. The minimum Gasteiger partial charge on any atom is -0.497 e. The van der Waals surface area contributed by atoms with Crippen molar-refractivity contribution in [1.82, 2.24) is 15.1 Å². The smallest absolute Gasteiger partial charge is 0.261 e. The number of hydrogen-bond donors (Lipinski definition) is 1. The first kappa shape index (κ1) is 23.8. The molecule has 0 bridgehead atoms. The zero-order valence-corrected chi connectivity index (χ0v) is 19.0. The number of carbonyl (C=O) groups is 3. The third-order valence-electron chi connectivity index (χ3n) is 5.84. The molecule has 2 aliphatic rings. The maximum atomic E-state index is 12.9. The number of benzene rings is 2. The van der Waals surface area contributed by atoms with Crippen molar-refractivity contribution in [2.45, 2.75) is 25.8 Å². The van der Waals surface area contributed by atoms with E-state index in [4.69, 9.17) is 4.74 Å². The Morgan fingerprint density at radius 1 is 1.03 bits per heavy atom. The number of ether oxygens (including phenoxy) is 1. The van der Waals surface area contributed by atoms with E-state index in [0.717, 1.165) is 31.6 Å². The summed E-state index contributed by atoms with van der Waals surface area (Å²) >= 11 is 0. The van der Waals surface area contributed by atoms with Crippen molar-refractivity contribution in [3.63, 3.8) is 0 Å². The normalized spacial score (nSPS) is 15.5. The van der Waals surface area contributed by atoms with Gasteiger partial charge in [-0.25, -0.2) is 0 Å². The van der Waals surface area contributed by atoms with Crippen LogP contribution in [-0.2, 0) is 6.54 Å². The number of halogens is 1. The lowest BCUT2D eigenvalue weighted by Crippen LogP contribution is -2.29. The van der Waals surface area contributed by atoms with E-state index in [1.54, 1.807) is 25.3 Å². The summed E-state index contributed by atoms with van der Waals surface area (Å²) in [6.07, 6.45) is 3.40. The average Bonchev–Trinajstić information content (AvgIpc) is 3.39. The third kappa shape index (κ3) is 5.11. The molecule has 2 heterocycles. The number of imide groups is 1. The van der Waals surface area contributed by atoms with Crippen LogP contribution in [0.1, 0.15) is 55.9 Å². The summed E-state index contributed by atoms with van der Waals surface area (Å²) in [7, 11) is 1.57. The molecule has 0 aliphatic carbocycles. The minimum absolute atomic E-state index is 0. The number of hydrogen-bond acceptors (Lipinski definition) is 5. The number of carbonyl (C=O) groups excluding carboxylic acids is 3. The molecular formula is C24H28ClN3O4. The lowest BCUT2D eigenvalue weighted by molar-refractivity contribution is 0.0642. The molecule has 170 valence electrons. The largest absolute Gasteiger partial charge is 0.497 e. The van der Waals surface area contributed by atoms with Gasteiger partial charge in [0.2, 0.25) is 0 Å². The van der Waals surface area contributed by atoms with Gasteiger partial charge in [0, 0.05) is 12.1 Å². The van der Waals surface area contributed by atoms with Crippen molar-refractivity contribution in [1.29, 1.82) is 0 Å². The Balaban J connectivity index is 0.00000289. The third-order valence-corrected chi connectivity index (χ3v) is 5.84. The van der Waals surface area contributed by atoms with Crippen molar-refractivity contribution in [2.24, 2.45) is 0 Å². The minimum atomic E-state index is -0.383. The number of amides is 3. The molecule has 3 amide bonds. The second-order valence-electron chi connectivity index (χ2n) is 7.97. The molecule has 2 aliphatic heterocycles. The van der Waals surface area contributed by atoms with Gasteiger partial charge in [0.15, 0.2) is 0 Å². The summed E-state index contributed by atoms with van der Waals surface area (Å²) in [6.45, 7) is 4.00. The van der Waals surface area contributed by atoms with Crippen molar-refractivity contribution in [3.8, 4) is 5.75 Å². The van der Waals surface area contributed by atoms with Gasteiger partial charge < -0.3 is 15.0 Å². The van der Waals surface area contributed by atoms with E-state index in [9.17, 15) is 14.4 Å². The second-order valence-corrected chi connectivity index (χ2v) is 7.97. The second kappa shape index (κ2) is 10.6. The lowest BCUT2D eigenvalue weighted by atomic mass is 10.1. The number of fused-ring (bicyclic) bond motifs is 1. The Bertz CT molecular complexity index is 1000. The fourth-order valence-corrected chi connectivity index (χ4v) is 4.14. The molecule has 32 heavy (non-hydrogen) atoms.